The topological polar surface area (TPSA) is 54.2 Å². The average Bonchev–Trinajstić information content (AvgIpc) is 2.89. The summed E-state index contributed by atoms with van der Waals surface area (Å²) in [4.78, 5) is 4.40. The van der Waals surface area contributed by atoms with Crippen molar-refractivity contribution < 1.29 is 4.39 Å². The number of nitrogens with one attached hydrogen (secondary N) is 2. The molecule has 22 heavy (non-hydrogen) atoms. The standard InChI is InChI=1S/C15H20FN5.HI/c1-3-17-15(19-11-13-8-9-20-21(13)2)18-10-12-6-4-5-7-14(12)16;/h4-9H,3,10-11H2,1-2H3,(H2,17,18,19);1H. The van der Waals surface area contributed by atoms with Crippen LogP contribution in [0.2, 0.25) is 0 Å². The molecule has 0 unspecified atom stereocenters. The average molecular weight is 417 g/mol. The molecule has 0 saturated carbocycles. The second-order valence-corrected chi connectivity index (χ2v) is 4.59. The Hall–Kier alpha value is -1.64. The van der Waals surface area contributed by atoms with E-state index in [1.165, 1.54) is 6.07 Å². The minimum absolute atomic E-state index is 0. The summed E-state index contributed by atoms with van der Waals surface area (Å²) in [7, 11) is 1.89. The van der Waals surface area contributed by atoms with E-state index in [9.17, 15) is 4.39 Å². The Morgan fingerprint density at radius 2 is 2.05 bits per heavy atom. The highest BCUT2D eigenvalue weighted by molar-refractivity contribution is 14.0. The molecule has 1 heterocycles. The van der Waals surface area contributed by atoms with Crippen LogP contribution in [0.3, 0.4) is 0 Å². The van der Waals surface area contributed by atoms with Gasteiger partial charge in [0.15, 0.2) is 5.96 Å². The Kier molecular flexibility index (Phi) is 7.86. The van der Waals surface area contributed by atoms with Crippen LogP contribution in [0.1, 0.15) is 18.2 Å². The lowest BCUT2D eigenvalue weighted by molar-refractivity contribution is 0.610. The molecule has 1 aromatic carbocycles. The highest BCUT2D eigenvalue weighted by Crippen LogP contribution is 2.07. The number of benzene rings is 1. The van der Waals surface area contributed by atoms with Crippen LogP contribution in [0.4, 0.5) is 4.39 Å². The first-order valence-electron chi connectivity index (χ1n) is 6.93. The first kappa shape index (κ1) is 18.4. The van der Waals surface area contributed by atoms with E-state index in [0.29, 0.717) is 24.6 Å². The molecule has 0 aliphatic rings. The number of guanidine groups is 1. The van der Waals surface area contributed by atoms with Gasteiger partial charge in [-0.1, -0.05) is 18.2 Å². The summed E-state index contributed by atoms with van der Waals surface area (Å²) in [6.07, 6.45) is 1.75. The highest BCUT2D eigenvalue weighted by Gasteiger charge is 2.03. The smallest absolute Gasteiger partial charge is 0.191 e. The van der Waals surface area contributed by atoms with Crippen LogP contribution in [-0.4, -0.2) is 22.3 Å². The Balaban J connectivity index is 0.00000242. The molecule has 0 bridgehead atoms. The molecule has 0 aliphatic heterocycles. The van der Waals surface area contributed by atoms with Crippen molar-refractivity contribution in [2.45, 2.75) is 20.0 Å². The van der Waals surface area contributed by atoms with Crippen molar-refractivity contribution in [2.75, 3.05) is 6.54 Å². The molecule has 5 nitrogen and oxygen atoms in total. The maximum Gasteiger partial charge on any atom is 0.191 e. The van der Waals surface area contributed by atoms with Gasteiger partial charge in [0.05, 0.1) is 18.8 Å². The number of aromatic nitrogens is 2. The summed E-state index contributed by atoms with van der Waals surface area (Å²) in [5.74, 6) is 0.422. The van der Waals surface area contributed by atoms with Crippen LogP contribution in [0.5, 0.6) is 0 Å². The van der Waals surface area contributed by atoms with E-state index in [1.807, 2.05) is 26.1 Å². The van der Waals surface area contributed by atoms with Crippen molar-refractivity contribution in [1.29, 1.82) is 0 Å². The molecule has 1 aromatic heterocycles. The Morgan fingerprint density at radius 3 is 2.68 bits per heavy atom. The summed E-state index contributed by atoms with van der Waals surface area (Å²) >= 11 is 0. The zero-order valence-corrected chi connectivity index (χ0v) is 15.0. The number of hydrogen-bond donors (Lipinski definition) is 2. The SMILES string of the molecule is CCNC(=NCc1ccccc1F)NCc1ccnn1C.I. The molecule has 2 N–H and O–H groups in total. The van der Waals surface area contributed by atoms with E-state index in [0.717, 1.165) is 12.2 Å². The quantitative estimate of drug-likeness (QED) is 0.447. The van der Waals surface area contributed by atoms with Gasteiger partial charge >= 0.3 is 0 Å². The zero-order chi connectivity index (χ0) is 15.1. The van der Waals surface area contributed by atoms with Crippen molar-refractivity contribution in [2.24, 2.45) is 12.0 Å². The predicted molar refractivity (Wildman–Crippen MR) is 96.7 cm³/mol. The van der Waals surface area contributed by atoms with Gasteiger partial charge in [0.25, 0.3) is 0 Å². The monoisotopic (exact) mass is 417 g/mol. The summed E-state index contributed by atoms with van der Waals surface area (Å²) in [5.41, 5.74) is 1.63. The van der Waals surface area contributed by atoms with Crippen LogP contribution in [0.15, 0.2) is 41.5 Å². The molecule has 0 atom stereocenters. The van der Waals surface area contributed by atoms with E-state index in [-0.39, 0.29) is 29.8 Å². The zero-order valence-electron chi connectivity index (χ0n) is 12.7. The van der Waals surface area contributed by atoms with E-state index >= 15 is 0 Å². The molecule has 0 spiro atoms. The molecule has 0 aliphatic carbocycles. The minimum Gasteiger partial charge on any atom is -0.357 e. The lowest BCUT2D eigenvalue weighted by atomic mass is 10.2. The lowest BCUT2D eigenvalue weighted by Gasteiger charge is -2.11. The fourth-order valence-electron chi connectivity index (χ4n) is 1.88. The number of hydrogen-bond acceptors (Lipinski definition) is 2. The highest BCUT2D eigenvalue weighted by atomic mass is 127. The number of aryl methyl sites for hydroxylation is 1. The van der Waals surface area contributed by atoms with Gasteiger partial charge in [-0.05, 0) is 19.1 Å². The third-order valence-electron chi connectivity index (χ3n) is 3.07. The Bertz CT molecular complexity index is 611. The summed E-state index contributed by atoms with van der Waals surface area (Å²) in [6.45, 7) is 3.64. The van der Waals surface area contributed by atoms with Crippen LogP contribution >= 0.6 is 24.0 Å². The predicted octanol–water partition coefficient (Wildman–Crippen LogP) is 2.43. The first-order valence-corrected chi connectivity index (χ1v) is 6.93. The van der Waals surface area contributed by atoms with Crippen molar-refractivity contribution >= 4 is 29.9 Å². The van der Waals surface area contributed by atoms with Crippen molar-refractivity contribution in [3.63, 3.8) is 0 Å². The van der Waals surface area contributed by atoms with E-state index < -0.39 is 0 Å². The summed E-state index contributed by atoms with van der Waals surface area (Å²) < 4.78 is 15.4. The van der Waals surface area contributed by atoms with Crippen LogP contribution in [-0.2, 0) is 20.1 Å². The van der Waals surface area contributed by atoms with E-state index in [1.54, 1.807) is 23.0 Å². The fraction of sp³-hybridized carbons (Fsp3) is 0.333. The van der Waals surface area contributed by atoms with Gasteiger partial charge in [-0.2, -0.15) is 5.10 Å². The van der Waals surface area contributed by atoms with Gasteiger partial charge < -0.3 is 10.6 Å². The summed E-state index contributed by atoms with van der Waals surface area (Å²) in [6, 6.07) is 8.61. The normalized spacial score (nSPS) is 11.0. The molecule has 2 aromatic rings. The number of rotatable bonds is 5. The van der Waals surface area contributed by atoms with Crippen molar-refractivity contribution in [3.8, 4) is 0 Å². The Morgan fingerprint density at radius 1 is 1.27 bits per heavy atom. The van der Waals surface area contributed by atoms with Gasteiger partial charge in [-0.3, -0.25) is 4.68 Å². The van der Waals surface area contributed by atoms with Crippen molar-refractivity contribution in [3.05, 3.63) is 53.6 Å². The molecular weight excluding hydrogens is 396 g/mol. The second kappa shape index (κ2) is 9.39. The molecule has 0 amide bonds. The van der Waals surface area contributed by atoms with Gasteiger partial charge in [-0.25, -0.2) is 9.38 Å². The molecule has 7 heteroatoms. The largest absolute Gasteiger partial charge is 0.357 e. The van der Waals surface area contributed by atoms with E-state index in [2.05, 4.69) is 20.7 Å². The first-order chi connectivity index (χ1) is 10.2. The molecule has 0 saturated heterocycles. The van der Waals surface area contributed by atoms with Gasteiger partial charge in [-0.15, -0.1) is 24.0 Å². The van der Waals surface area contributed by atoms with E-state index in [4.69, 9.17) is 0 Å². The fourth-order valence-corrected chi connectivity index (χ4v) is 1.88. The maximum absolute atomic E-state index is 13.6. The van der Waals surface area contributed by atoms with Gasteiger partial charge in [0, 0.05) is 25.4 Å². The van der Waals surface area contributed by atoms with Crippen molar-refractivity contribution in [1.82, 2.24) is 20.4 Å². The lowest BCUT2D eigenvalue weighted by Crippen LogP contribution is -2.37. The van der Waals surface area contributed by atoms with Crippen LogP contribution in [0.25, 0.3) is 0 Å². The van der Waals surface area contributed by atoms with Gasteiger partial charge in [0.2, 0.25) is 0 Å². The number of aliphatic imine (C=N–C) groups is 1. The molecular formula is C15H21FIN5. The summed E-state index contributed by atoms with van der Waals surface area (Å²) in [5, 5.41) is 10.5. The Labute approximate surface area is 147 Å². The second-order valence-electron chi connectivity index (χ2n) is 4.59. The molecule has 120 valence electrons. The number of halogens is 2. The van der Waals surface area contributed by atoms with Crippen LogP contribution in [0, 0.1) is 5.82 Å². The number of nitrogens with zero attached hydrogens (tertiary/aromatic N) is 3. The van der Waals surface area contributed by atoms with Crippen LogP contribution < -0.4 is 10.6 Å². The third kappa shape index (κ3) is 5.28. The third-order valence-corrected chi connectivity index (χ3v) is 3.07. The van der Waals surface area contributed by atoms with Gasteiger partial charge in [0.1, 0.15) is 5.82 Å². The molecule has 2 rings (SSSR count). The minimum atomic E-state index is -0.233. The molecule has 0 fully saturated rings. The molecule has 0 radical (unpaired) electrons. The maximum atomic E-state index is 13.6.